The monoisotopic (exact) mass is 321 g/mol. The van der Waals surface area contributed by atoms with Crippen LogP contribution in [-0.4, -0.2) is 48.4 Å². The average molecular weight is 321 g/mol. The van der Waals surface area contributed by atoms with E-state index in [9.17, 15) is 9.59 Å². The van der Waals surface area contributed by atoms with Crippen LogP contribution < -0.4 is 10.6 Å². The number of amides is 2. The van der Waals surface area contributed by atoms with Crippen molar-refractivity contribution in [1.82, 2.24) is 15.5 Å². The molecule has 2 aliphatic heterocycles. The molecule has 5 nitrogen and oxygen atoms in total. The van der Waals surface area contributed by atoms with Crippen molar-refractivity contribution in [3.8, 4) is 0 Å². The Morgan fingerprint density at radius 3 is 2.78 bits per heavy atom. The van der Waals surface area contributed by atoms with Gasteiger partial charge in [-0.25, -0.2) is 0 Å². The highest BCUT2D eigenvalue weighted by Gasteiger charge is 2.40. The van der Waals surface area contributed by atoms with Gasteiger partial charge in [0.2, 0.25) is 11.8 Å². The van der Waals surface area contributed by atoms with E-state index in [2.05, 4.69) is 17.6 Å². The molecule has 2 saturated heterocycles. The lowest BCUT2D eigenvalue weighted by molar-refractivity contribution is -0.137. The lowest BCUT2D eigenvalue weighted by Gasteiger charge is -2.33. The Balaban J connectivity index is 1.54. The molecular formula is C18H31N3O2. The minimum absolute atomic E-state index is 0.0134. The largest absolute Gasteiger partial charge is 0.356 e. The molecule has 5 heteroatoms. The highest BCUT2D eigenvalue weighted by molar-refractivity contribution is 5.84. The Labute approximate surface area is 139 Å². The van der Waals surface area contributed by atoms with Crippen LogP contribution in [0.25, 0.3) is 0 Å². The number of nitrogens with one attached hydrogen (secondary N) is 2. The first-order valence-electron chi connectivity index (χ1n) is 9.51. The summed E-state index contributed by atoms with van der Waals surface area (Å²) in [6.07, 6.45) is 8.88. The van der Waals surface area contributed by atoms with Crippen molar-refractivity contribution in [3.05, 3.63) is 0 Å². The maximum absolute atomic E-state index is 12.9. The van der Waals surface area contributed by atoms with E-state index in [4.69, 9.17) is 0 Å². The third-order valence-electron chi connectivity index (χ3n) is 5.81. The summed E-state index contributed by atoms with van der Waals surface area (Å²) in [5.41, 5.74) is 0. The van der Waals surface area contributed by atoms with E-state index < -0.39 is 0 Å². The first-order chi connectivity index (χ1) is 11.2. The van der Waals surface area contributed by atoms with E-state index in [0.717, 1.165) is 38.8 Å². The number of rotatable bonds is 4. The molecule has 4 atom stereocenters. The Morgan fingerprint density at radius 2 is 2.00 bits per heavy atom. The molecule has 0 spiro atoms. The molecule has 2 amide bonds. The third-order valence-corrected chi connectivity index (χ3v) is 5.81. The maximum Gasteiger partial charge on any atom is 0.239 e. The molecular weight excluding hydrogens is 290 g/mol. The van der Waals surface area contributed by atoms with E-state index in [-0.39, 0.29) is 23.8 Å². The lowest BCUT2D eigenvalue weighted by Crippen LogP contribution is -2.51. The van der Waals surface area contributed by atoms with Crippen LogP contribution in [0.3, 0.4) is 0 Å². The zero-order valence-corrected chi connectivity index (χ0v) is 14.4. The summed E-state index contributed by atoms with van der Waals surface area (Å²) >= 11 is 0. The lowest BCUT2D eigenvalue weighted by atomic mass is 9.85. The topological polar surface area (TPSA) is 61.4 Å². The Bertz CT molecular complexity index is 426. The molecule has 0 bridgehead atoms. The Hall–Kier alpha value is -1.10. The predicted octanol–water partition coefficient (Wildman–Crippen LogP) is 1.67. The summed E-state index contributed by atoms with van der Waals surface area (Å²) in [4.78, 5) is 27.0. The van der Waals surface area contributed by atoms with Gasteiger partial charge in [-0.15, -0.1) is 0 Å². The highest BCUT2D eigenvalue weighted by atomic mass is 16.2. The Kier molecular flexibility index (Phi) is 5.57. The van der Waals surface area contributed by atoms with Gasteiger partial charge in [0, 0.05) is 25.7 Å². The zero-order chi connectivity index (χ0) is 16.2. The van der Waals surface area contributed by atoms with Crippen molar-refractivity contribution in [2.75, 3.05) is 19.6 Å². The molecule has 2 heterocycles. The van der Waals surface area contributed by atoms with E-state index >= 15 is 0 Å². The molecule has 0 aromatic rings. The third kappa shape index (κ3) is 3.87. The normalized spacial score (nSPS) is 34.0. The van der Waals surface area contributed by atoms with E-state index in [1.807, 2.05) is 4.90 Å². The van der Waals surface area contributed by atoms with Crippen LogP contribution in [0.4, 0.5) is 0 Å². The summed E-state index contributed by atoms with van der Waals surface area (Å²) in [7, 11) is 0. The number of hydrogen-bond donors (Lipinski definition) is 2. The van der Waals surface area contributed by atoms with Crippen molar-refractivity contribution < 1.29 is 9.59 Å². The van der Waals surface area contributed by atoms with Crippen LogP contribution in [0.15, 0.2) is 0 Å². The van der Waals surface area contributed by atoms with Gasteiger partial charge in [-0.1, -0.05) is 19.8 Å². The van der Waals surface area contributed by atoms with Crippen molar-refractivity contribution in [1.29, 1.82) is 0 Å². The molecule has 1 aliphatic carbocycles. The number of piperidine rings is 1. The van der Waals surface area contributed by atoms with Crippen LogP contribution >= 0.6 is 0 Å². The van der Waals surface area contributed by atoms with Gasteiger partial charge in [0.15, 0.2) is 0 Å². The number of carbonyl (C=O) groups excluding carboxylic acids is 2. The molecule has 1 saturated carbocycles. The highest BCUT2D eigenvalue weighted by Crippen LogP contribution is 2.34. The summed E-state index contributed by atoms with van der Waals surface area (Å²) < 4.78 is 0. The Morgan fingerprint density at radius 1 is 1.17 bits per heavy atom. The summed E-state index contributed by atoms with van der Waals surface area (Å²) in [6, 6.07) is 0.534. The molecule has 0 aromatic heterocycles. The zero-order valence-electron chi connectivity index (χ0n) is 14.4. The molecule has 2 N–H and O–H groups in total. The van der Waals surface area contributed by atoms with Crippen molar-refractivity contribution in [2.45, 2.75) is 70.4 Å². The second-order valence-electron chi connectivity index (χ2n) is 7.52. The SMILES string of the molecule is CCCNC(=O)C1CCCN(C(=O)C2CC3CCCCC3N2)C1. The second-order valence-corrected chi connectivity index (χ2v) is 7.52. The molecule has 3 aliphatic rings. The number of nitrogens with zero attached hydrogens (tertiary/aromatic N) is 1. The minimum Gasteiger partial charge on any atom is -0.356 e. The summed E-state index contributed by atoms with van der Waals surface area (Å²) in [5.74, 6) is 1.01. The predicted molar refractivity (Wildman–Crippen MR) is 89.9 cm³/mol. The van der Waals surface area contributed by atoms with Gasteiger partial charge >= 0.3 is 0 Å². The fourth-order valence-corrected chi connectivity index (χ4v) is 4.51. The molecule has 4 unspecified atom stereocenters. The van der Waals surface area contributed by atoms with Crippen LogP contribution in [0.2, 0.25) is 0 Å². The first-order valence-corrected chi connectivity index (χ1v) is 9.51. The average Bonchev–Trinajstić information content (AvgIpc) is 3.03. The summed E-state index contributed by atoms with van der Waals surface area (Å²) in [6.45, 7) is 4.20. The molecule has 3 rings (SSSR count). The number of hydrogen-bond acceptors (Lipinski definition) is 3. The summed E-state index contributed by atoms with van der Waals surface area (Å²) in [5, 5.41) is 6.56. The van der Waals surface area contributed by atoms with E-state index in [1.165, 1.54) is 25.7 Å². The molecule has 23 heavy (non-hydrogen) atoms. The van der Waals surface area contributed by atoms with Crippen LogP contribution in [0.1, 0.15) is 58.3 Å². The standard InChI is InChI=1S/C18H31N3O2/c1-2-9-19-17(22)14-7-5-10-21(12-14)18(23)16-11-13-6-3-4-8-15(13)20-16/h13-16,20H,2-12H2,1H3,(H,19,22). The quantitative estimate of drug-likeness (QED) is 0.828. The van der Waals surface area contributed by atoms with Crippen LogP contribution in [0.5, 0.6) is 0 Å². The number of likely N-dealkylation sites (tertiary alicyclic amines) is 1. The van der Waals surface area contributed by atoms with Crippen LogP contribution in [0, 0.1) is 11.8 Å². The molecule has 0 aromatic carbocycles. The smallest absolute Gasteiger partial charge is 0.239 e. The van der Waals surface area contributed by atoms with E-state index in [1.54, 1.807) is 0 Å². The van der Waals surface area contributed by atoms with Gasteiger partial charge in [0.1, 0.15) is 0 Å². The molecule has 0 radical (unpaired) electrons. The van der Waals surface area contributed by atoms with E-state index in [0.29, 0.717) is 18.5 Å². The van der Waals surface area contributed by atoms with Crippen molar-refractivity contribution in [2.24, 2.45) is 11.8 Å². The molecule has 130 valence electrons. The van der Waals surface area contributed by atoms with Gasteiger partial charge in [0.05, 0.1) is 12.0 Å². The maximum atomic E-state index is 12.9. The van der Waals surface area contributed by atoms with Crippen LogP contribution in [-0.2, 0) is 9.59 Å². The van der Waals surface area contributed by atoms with Gasteiger partial charge in [-0.3, -0.25) is 9.59 Å². The van der Waals surface area contributed by atoms with Gasteiger partial charge < -0.3 is 15.5 Å². The fourth-order valence-electron chi connectivity index (χ4n) is 4.51. The first kappa shape index (κ1) is 16.7. The second kappa shape index (κ2) is 7.65. The van der Waals surface area contributed by atoms with Gasteiger partial charge in [-0.05, 0) is 44.4 Å². The molecule has 3 fully saturated rings. The van der Waals surface area contributed by atoms with Crippen molar-refractivity contribution >= 4 is 11.8 Å². The number of fused-ring (bicyclic) bond motifs is 1. The number of carbonyl (C=O) groups is 2. The van der Waals surface area contributed by atoms with Crippen molar-refractivity contribution in [3.63, 3.8) is 0 Å². The van der Waals surface area contributed by atoms with Gasteiger partial charge in [-0.2, -0.15) is 0 Å². The fraction of sp³-hybridized carbons (Fsp3) is 0.889. The van der Waals surface area contributed by atoms with Gasteiger partial charge in [0.25, 0.3) is 0 Å². The minimum atomic E-state index is -0.0251.